The molecule has 0 atom stereocenters. The van der Waals surface area contributed by atoms with Gasteiger partial charge in [0.1, 0.15) is 18.1 Å². The van der Waals surface area contributed by atoms with Crippen LogP contribution in [0.3, 0.4) is 0 Å². The van der Waals surface area contributed by atoms with Crippen LogP contribution >= 0.6 is 0 Å². The zero-order valence-electron chi connectivity index (χ0n) is 15.5. The summed E-state index contributed by atoms with van der Waals surface area (Å²) < 4.78 is 11.6. The molecule has 2 aromatic rings. The van der Waals surface area contributed by atoms with Crippen LogP contribution in [-0.4, -0.2) is 7.11 Å². The molecule has 0 spiro atoms. The average Bonchev–Trinajstić information content (AvgIpc) is 2.57. The molecule has 0 saturated carbocycles. The Hall–Kier alpha value is -1.96. The van der Waals surface area contributed by atoms with Gasteiger partial charge in [-0.1, -0.05) is 52.0 Å². The standard InChI is InChI=1S/C22H28O2/c1-21(2)12-13-22(3,4)20-18(21)10-7-11-19(20)24-15-16-8-6-9-17(14-16)23-5/h6-11,14H,12-13,15H2,1-5H3. The van der Waals surface area contributed by atoms with E-state index >= 15 is 0 Å². The van der Waals surface area contributed by atoms with Crippen LogP contribution in [-0.2, 0) is 17.4 Å². The first-order chi connectivity index (χ1) is 11.3. The summed E-state index contributed by atoms with van der Waals surface area (Å²) in [4.78, 5) is 0. The van der Waals surface area contributed by atoms with Crippen LogP contribution in [0.1, 0.15) is 57.2 Å². The summed E-state index contributed by atoms with van der Waals surface area (Å²) in [5, 5.41) is 0. The lowest BCUT2D eigenvalue weighted by Crippen LogP contribution is -2.34. The maximum Gasteiger partial charge on any atom is 0.123 e. The summed E-state index contributed by atoms with van der Waals surface area (Å²) in [5.41, 5.74) is 4.29. The van der Waals surface area contributed by atoms with Gasteiger partial charge in [-0.25, -0.2) is 0 Å². The molecule has 0 amide bonds. The highest BCUT2D eigenvalue weighted by Gasteiger charge is 2.39. The fraction of sp³-hybridized carbons (Fsp3) is 0.455. The van der Waals surface area contributed by atoms with Crippen LogP contribution in [0.2, 0.25) is 0 Å². The lowest BCUT2D eigenvalue weighted by molar-refractivity contribution is 0.274. The lowest BCUT2D eigenvalue weighted by atomic mass is 9.63. The van der Waals surface area contributed by atoms with Crippen LogP contribution in [0.25, 0.3) is 0 Å². The highest BCUT2D eigenvalue weighted by atomic mass is 16.5. The SMILES string of the molecule is COc1cccc(COc2cccc3c2C(C)(C)CCC3(C)C)c1. The van der Waals surface area contributed by atoms with Crippen LogP contribution in [0.5, 0.6) is 11.5 Å². The molecule has 0 radical (unpaired) electrons. The second kappa shape index (κ2) is 6.16. The van der Waals surface area contributed by atoms with Gasteiger partial charge in [0.15, 0.2) is 0 Å². The van der Waals surface area contributed by atoms with Gasteiger partial charge in [-0.2, -0.15) is 0 Å². The Balaban J connectivity index is 1.92. The number of fused-ring (bicyclic) bond motifs is 1. The highest BCUT2D eigenvalue weighted by Crippen LogP contribution is 2.49. The number of benzene rings is 2. The first-order valence-corrected chi connectivity index (χ1v) is 8.73. The molecular weight excluding hydrogens is 296 g/mol. The van der Waals surface area contributed by atoms with Crippen molar-refractivity contribution in [3.63, 3.8) is 0 Å². The highest BCUT2D eigenvalue weighted by molar-refractivity contribution is 5.50. The molecule has 0 heterocycles. The minimum Gasteiger partial charge on any atom is -0.497 e. The number of hydrogen-bond acceptors (Lipinski definition) is 2. The van der Waals surface area contributed by atoms with E-state index in [1.807, 2.05) is 18.2 Å². The van der Waals surface area contributed by atoms with Crippen LogP contribution in [0.15, 0.2) is 42.5 Å². The fourth-order valence-electron chi connectivity index (χ4n) is 3.72. The molecule has 0 bridgehead atoms. The van der Waals surface area contributed by atoms with E-state index in [1.165, 1.54) is 24.0 Å². The topological polar surface area (TPSA) is 18.5 Å². The average molecular weight is 324 g/mol. The summed E-state index contributed by atoms with van der Waals surface area (Å²) in [6.07, 6.45) is 2.40. The number of methoxy groups -OCH3 is 1. The maximum atomic E-state index is 6.26. The van der Waals surface area contributed by atoms with Crippen LogP contribution in [0, 0.1) is 0 Å². The Kier molecular flexibility index (Phi) is 4.33. The minimum atomic E-state index is 0.149. The molecule has 1 aliphatic rings. The Morgan fingerprint density at radius 3 is 2.38 bits per heavy atom. The first-order valence-electron chi connectivity index (χ1n) is 8.73. The Morgan fingerprint density at radius 2 is 1.62 bits per heavy atom. The Labute approximate surface area is 145 Å². The van der Waals surface area contributed by atoms with E-state index in [2.05, 4.69) is 52.0 Å². The van der Waals surface area contributed by atoms with Gasteiger partial charge < -0.3 is 9.47 Å². The van der Waals surface area contributed by atoms with Crippen molar-refractivity contribution < 1.29 is 9.47 Å². The van der Waals surface area contributed by atoms with Crippen molar-refractivity contribution in [3.8, 4) is 11.5 Å². The molecular formula is C22H28O2. The van der Waals surface area contributed by atoms with Crippen molar-refractivity contribution in [3.05, 3.63) is 59.2 Å². The molecule has 0 aliphatic heterocycles. The second-order valence-electron chi connectivity index (χ2n) is 8.09. The quantitative estimate of drug-likeness (QED) is 0.726. The molecule has 0 fully saturated rings. The smallest absolute Gasteiger partial charge is 0.123 e. The predicted octanol–water partition coefficient (Wildman–Crippen LogP) is 5.62. The molecule has 2 aromatic carbocycles. The normalized spacial score (nSPS) is 17.9. The zero-order chi connectivity index (χ0) is 17.4. The third kappa shape index (κ3) is 3.15. The molecule has 2 heteroatoms. The second-order valence-corrected chi connectivity index (χ2v) is 8.09. The van der Waals surface area contributed by atoms with Crippen molar-refractivity contribution in [2.45, 2.75) is 58.0 Å². The van der Waals surface area contributed by atoms with Crippen molar-refractivity contribution >= 4 is 0 Å². The van der Waals surface area contributed by atoms with Crippen molar-refractivity contribution in [1.82, 2.24) is 0 Å². The number of hydrogen-bond donors (Lipinski definition) is 0. The third-order valence-electron chi connectivity index (χ3n) is 5.34. The molecule has 0 N–H and O–H groups in total. The molecule has 1 aliphatic carbocycles. The van der Waals surface area contributed by atoms with Gasteiger partial charge in [0.05, 0.1) is 7.11 Å². The summed E-state index contributed by atoms with van der Waals surface area (Å²) in [7, 11) is 1.69. The summed E-state index contributed by atoms with van der Waals surface area (Å²) in [6.45, 7) is 9.91. The van der Waals surface area contributed by atoms with Gasteiger partial charge in [-0.3, -0.25) is 0 Å². The van der Waals surface area contributed by atoms with Gasteiger partial charge in [-0.15, -0.1) is 0 Å². The fourth-order valence-corrected chi connectivity index (χ4v) is 3.72. The number of rotatable bonds is 4. The van der Waals surface area contributed by atoms with Crippen molar-refractivity contribution in [1.29, 1.82) is 0 Å². The zero-order valence-corrected chi connectivity index (χ0v) is 15.5. The largest absolute Gasteiger partial charge is 0.497 e. The van der Waals surface area contributed by atoms with Crippen LogP contribution < -0.4 is 9.47 Å². The van der Waals surface area contributed by atoms with Gasteiger partial charge in [-0.05, 0) is 53.0 Å². The van der Waals surface area contributed by atoms with Crippen LogP contribution in [0.4, 0.5) is 0 Å². The predicted molar refractivity (Wildman–Crippen MR) is 99.1 cm³/mol. The molecule has 0 aromatic heterocycles. The summed E-state index contributed by atoms with van der Waals surface area (Å²) in [5.74, 6) is 1.89. The number of ether oxygens (including phenoxy) is 2. The molecule has 3 rings (SSSR count). The van der Waals surface area contributed by atoms with E-state index in [4.69, 9.17) is 9.47 Å². The molecule has 128 valence electrons. The molecule has 0 unspecified atom stereocenters. The maximum absolute atomic E-state index is 6.26. The van der Waals surface area contributed by atoms with Gasteiger partial charge in [0, 0.05) is 5.56 Å². The summed E-state index contributed by atoms with van der Waals surface area (Å²) in [6, 6.07) is 14.6. The lowest BCUT2D eigenvalue weighted by Gasteiger charge is -2.42. The van der Waals surface area contributed by atoms with E-state index < -0.39 is 0 Å². The third-order valence-corrected chi connectivity index (χ3v) is 5.34. The monoisotopic (exact) mass is 324 g/mol. The Morgan fingerprint density at radius 1 is 0.917 bits per heavy atom. The minimum absolute atomic E-state index is 0.149. The van der Waals surface area contributed by atoms with E-state index in [-0.39, 0.29) is 10.8 Å². The van der Waals surface area contributed by atoms with Crippen molar-refractivity contribution in [2.24, 2.45) is 0 Å². The Bertz CT molecular complexity index is 728. The van der Waals surface area contributed by atoms with E-state index in [0.29, 0.717) is 6.61 Å². The van der Waals surface area contributed by atoms with Gasteiger partial charge in [0.2, 0.25) is 0 Å². The van der Waals surface area contributed by atoms with E-state index in [0.717, 1.165) is 17.1 Å². The van der Waals surface area contributed by atoms with E-state index in [9.17, 15) is 0 Å². The van der Waals surface area contributed by atoms with Crippen molar-refractivity contribution in [2.75, 3.05) is 7.11 Å². The summed E-state index contributed by atoms with van der Waals surface area (Å²) >= 11 is 0. The van der Waals surface area contributed by atoms with Gasteiger partial charge >= 0.3 is 0 Å². The molecule has 2 nitrogen and oxygen atoms in total. The van der Waals surface area contributed by atoms with E-state index in [1.54, 1.807) is 7.11 Å². The first kappa shape index (κ1) is 16.9. The molecule has 0 saturated heterocycles. The van der Waals surface area contributed by atoms with Gasteiger partial charge in [0.25, 0.3) is 0 Å². The molecule has 24 heavy (non-hydrogen) atoms.